The van der Waals surface area contributed by atoms with Gasteiger partial charge in [0.05, 0.1) is 6.26 Å². The zero-order valence-corrected chi connectivity index (χ0v) is 16.7. The van der Waals surface area contributed by atoms with Gasteiger partial charge in [0.2, 0.25) is 0 Å². The molecule has 1 aromatic carbocycles. The van der Waals surface area contributed by atoms with Crippen LogP contribution in [-0.2, 0) is 0 Å². The van der Waals surface area contributed by atoms with Crippen LogP contribution in [0.3, 0.4) is 0 Å². The van der Waals surface area contributed by atoms with Crippen molar-refractivity contribution in [3.63, 3.8) is 0 Å². The van der Waals surface area contributed by atoms with Gasteiger partial charge in [-0.1, -0.05) is 30.3 Å². The lowest BCUT2D eigenvalue weighted by atomic mass is 10.1. The van der Waals surface area contributed by atoms with Gasteiger partial charge >= 0.3 is 0 Å². The fourth-order valence-corrected chi connectivity index (χ4v) is 3.53. The molecule has 3 aromatic rings. The van der Waals surface area contributed by atoms with E-state index in [1.165, 1.54) is 11.8 Å². The molecular weight excluding hydrogens is 366 g/mol. The lowest BCUT2D eigenvalue weighted by Gasteiger charge is -2.35. The summed E-state index contributed by atoms with van der Waals surface area (Å²) in [7, 11) is 0. The maximum atomic E-state index is 12.4. The standard InChI is InChI=1S/C22H25N5O2/c1-16(18-7-4-3-5-8-18)23-20-15-21(25-17(2)24-20)26-10-12-27(13-11-26)22(28)19-9-6-14-29-19/h3-9,14-16H,10-13H2,1-2H3,(H,23,24,25). The van der Waals surface area contributed by atoms with Crippen LogP contribution in [0.2, 0.25) is 0 Å². The topological polar surface area (TPSA) is 74.5 Å². The van der Waals surface area contributed by atoms with Crippen LogP contribution in [0.1, 0.15) is 34.9 Å². The number of nitrogens with one attached hydrogen (secondary N) is 1. The van der Waals surface area contributed by atoms with Crippen molar-refractivity contribution in [3.05, 3.63) is 71.9 Å². The number of nitrogens with zero attached hydrogens (tertiary/aromatic N) is 4. The number of rotatable bonds is 5. The Morgan fingerprint density at radius 2 is 1.83 bits per heavy atom. The Bertz CT molecular complexity index is 951. The molecule has 1 unspecified atom stereocenters. The Morgan fingerprint density at radius 1 is 1.07 bits per heavy atom. The molecule has 2 aromatic heterocycles. The summed E-state index contributed by atoms with van der Waals surface area (Å²) in [6, 6.07) is 15.8. The van der Waals surface area contributed by atoms with E-state index in [2.05, 4.69) is 39.2 Å². The number of carbonyl (C=O) groups is 1. The van der Waals surface area contributed by atoms with Gasteiger partial charge in [0.1, 0.15) is 17.5 Å². The van der Waals surface area contributed by atoms with Gasteiger partial charge in [-0.25, -0.2) is 9.97 Å². The van der Waals surface area contributed by atoms with E-state index in [0.29, 0.717) is 18.8 Å². The first-order valence-electron chi connectivity index (χ1n) is 9.85. The number of hydrogen-bond donors (Lipinski definition) is 1. The highest BCUT2D eigenvalue weighted by Gasteiger charge is 2.24. The van der Waals surface area contributed by atoms with Crippen LogP contribution in [0.15, 0.2) is 59.2 Å². The molecule has 7 nitrogen and oxygen atoms in total. The minimum Gasteiger partial charge on any atom is -0.459 e. The number of anilines is 2. The number of amides is 1. The van der Waals surface area contributed by atoms with Crippen LogP contribution in [-0.4, -0.2) is 47.0 Å². The molecule has 1 aliphatic heterocycles. The second-order valence-electron chi connectivity index (χ2n) is 7.19. The van der Waals surface area contributed by atoms with E-state index in [0.717, 1.165) is 30.5 Å². The number of benzene rings is 1. The van der Waals surface area contributed by atoms with E-state index in [9.17, 15) is 4.79 Å². The van der Waals surface area contributed by atoms with Gasteiger partial charge in [-0.2, -0.15) is 0 Å². The molecule has 0 bridgehead atoms. The third kappa shape index (κ3) is 4.39. The molecule has 1 fully saturated rings. The van der Waals surface area contributed by atoms with Gasteiger partial charge in [-0.15, -0.1) is 0 Å². The lowest BCUT2D eigenvalue weighted by molar-refractivity contribution is 0.0714. The Labute approximate surface area is 170 Å². The van der Waals surface area contributed by atoms with Gasteiger partial charge in [-0.3, -0.25) is 4.79 Å². The number of carbonyl (C=O) groups excluding carboxylic acids is 1. The Balaban J connectivity index is 1.42. The molecule has 1 aliphatic rings. The number of aromatic nitrogens is 2. The van der Waals surface area contributed by atoms with E-state index in [1.807, 2.05) is 36.1 Å². The van der Waals surface area contributed by atoms with Gasteiger partial charge in [0.15, 0.2) is 5.76 Å². The molecule has 7 heteroatoms. The van der Waals surface area contributed by atoms with Crippen molar-refractivity contribution >= 4 is 17.5 Å². The molecule has 1 atom stereocenters. The average Bonchev–Trinajstić information content (AvgIpc) is 3.28. The maximum absolute atomic E-state index is 12.4. The zero-order chi connectivity index (χ0) is 20.2. The maximum Gasteiger partial charge on any atom is 0.289 e. The predicted molar refractivity (Wildman–Crippen MR) is 112 cm³/mol. The SMILES string of the molecule is Cc1nc(NC(C)c2ccccc2)cc(N2CCN(C(=O)c3ccco3)CC2)n1. The molecule has 1 amide bonds. The van der Waals surface area contributed by atoms with Crippen LogP contribution in [0, 0.1) is 6.92 Å². The third-order valence-electron chi connectivity index (χ3n) is 5.11. The summed E-state index contributed by atoms with van der Waals surface area (Å²) in [6.45, 7) is 6.72. The quantitative estimate of drug-likeness (QED) is 0.717. The van der Waals surface area contributed by atoms with Crippen LogP contribution in [0.4, 0.5) is 11.6 Å². The number of furan rings is 1. The molecule has 0 spiro atoms. The Kier molecular flexibility index (Phi) is 5.46. The molecule has 1 N–H and O–H groups in total. The van der Waals surface area contributed by atoms with Gasteiger partial charge < -0.3 is 19.5 Å². The normalized spacial score (nSPS) is 15.2. The zero-order valence-electron chi connectivity index (χ0n) is 16.7. The van der Waals surface area contributed by atoms with Crippen LogP contribution in [0.25, 0.3) is 0 Å². The van der Waals surface area contributed by atoms with Crippen molar-refractivity contribution in [2.45, 2.75) is 19.9 Å². The Hall–Kier alpha value is -3.35. The summed E-state index contributed by atoms with van der Waals surface area (Å²) >= 11 is 0. The number of piperazine rings is 1. The molecule has 29 heavy (non-hydrogen) atoms. The van der Waals surface area contributed by atoms with Crippen LogP contribution < -0.4 is 10.2 Å². The highest BCUT2D eigenvalue weighted by molar-refractivity contribution is 5.91. The first-order valence-corrected chi connectivity index (χ1v) is 9.85. The Morgan fingerprint density at radius 3 is 2.52 bits per heavy atom. The second kappa shape index (κ2) is 8.34. The van der Waals surface area contributed by atoms with Crippen molar-refractivity contribution in [2.75, 3.05) is 36.4 Å². The van der Waals surface area contributed by atoms with E-state index < -0.39 is 0 Å². The molecule has 0 radical (unpaired) electrons. The van der Waals surface area contributed by atoms with Gasteiger partial charge in [0, 0.05) is 38.3 Å². The van der Waals surface area contributed by atoms with Crippen molar-refractivity contribution in [1.82, 2.24) is 14.9 Å². The minimum atomic E-state index is -0.0624. The summed E-state index contributed by atoms with van der Waals surface area (Å²) in [6.07, 6.45) is 1.53. The molecule has 0 aliphatic carbocycles. The monoisotopic (exact) mass is 391 g/mol. The van der Waals surface area contributed by atoms with Crippen molar-refractivity contribution in [2.24, 2.45) is 0 Å². The van der Waals surface area contributed by atoms with E-state index in [-0.39, 0.29) is 11.9 Å². The summed E-state index contributed by atoms with van der Waals surface area (Å²) in [5.41, 5.74) is 1.20. The van der Waals surface area contributed by atoms with E-state index >= 15 is 0 Å². The largest absolute Gasteiger partial charge is 0.459 e. The fourth-order valence-electron chi connectivity index (χ4n) is 3.53. The molecular formula is C22H25N5O2. The van der Waals surface area contributed by atoms with E-state index in [4.69, 9.17) is 4.42 Å². The van der Waals surface area contributed by atoms with E-state index in [1.54, 1.807) is 12.1 Å². The molecule has 3 heterocycles. The third-order valence-corrected chi connectivity index (χ3v) is 5.11. The smallest absolute Gasteiger partial charge is 0.289 e. The fraction of sp³-hybridized carbons (Fsp3) is 0.318. The summed E-state index contributed by atoms with van der Waals surface area (Å²) in [5, 5.41) is 3.47. The van der Waals surface area contributed by atoms with Crippen molar-refractivity contribution in [1.29, 1.82) is 0 Å². The summed E-state index contributed by atoms with van der Waals surface area (Å²) < 4.78 is 5.23. The average molecular weight is 391 g/mol. The summed E-state index contributed by atoms with van der Waals surface area (Å²) in [5.74, 6) is 2.73. The minimum absolute atomic E-state index is 0.0624. The van der Waals surface area contributed by atoms with Crippen LogP contribution in [0.5, 0.6) is 0 Å². The first-order chi connectivity index (χ1) is 14.1. The predicted octanol–water partition coefficient (Wildman–Crippen LogP) is 3.51. The highest BCUT2D eigenvalue weighted by atomic mass is 16.3. The second-order valence-corrected chi connectivity index (χ2v) is 7.19. The number of aryl methyl sites for hydroxylation is 1. The molecule has 0 saturated carbocycles. The van der Waals surface area contributed by atoms with Gasteiger partial charge in [0.25, 0.3) is 5.91 Å². The lowest BCUT2D eigenvalue weighted by Crippen LogP contribution is -2.49. The van der Waals surface area contributed by atoms with Gasteiger partial charge in [-0.05, 0) is 31.5 Å². The molecule has 4 rings (SSSR count). The molecule has 150 valence electrons. The van der Waals surface area contributed by atoms with Crippen molar-refractivity contribution < 1.29 is 9.21 Å². The van der Waals surface area contributed by atoms with Crippen LogP contribution >= 0.6 is 0 Å². The summed E-state index contributed by atoms with van der Waals surface area (Å²) in [4.78, 5) is 25.6. The molecule has 1 saturated heterocycles. The first kappa shape index (κ1) is 19.0. The number of hydrogen-bond acceptors (Lipinski definition) is 6. The highest BCUT2D eigenvalue weighted by Crippen LogP contribution is 2.22. The van der Waals surface area contributed by atoms with Crippen molar-refractivity contribution in [3.8, 4) is 0 Å².